The molecule has 124 valence electrons. The number of hydrogen-bond acceptors (Lipinski definition) is 4. The minimum Gasteiger partial charge on any atom is -0.496 e. The quantitative estimate of drug-likeness (QED) is 0.775. The van der Waals surface area contributed by atoms with Crippen LogP contribution in [0.4, 0.5) is 0 Å². The third-order valence-corrected chi connectivity index (χ3v) is 4.14. The molecule has 0 aliphatic carbocycles. The summed E-state index contributed by atoms with van der Waals surface area (Å²) in [6, 6.07) is 13.9. The van der Waals surface area contributed by atoms with E-state index in [1.54, 1.807) is 14.2 Å². The van der Waals surface area contributed by atoms with Gasteiger partial charge in [-0.2, -0.15) is 0 Å². The predicted octanol–water partition coefficient (Wildman–Crippen LogP) is 3.86. The summed E-state index contributed by atoms with van der Waals surface area (Å²) in [4.78, 5) is 4.78. The first-order chi connectivity index (χ1) is 11.7. The molecule has 0 amide bonds. The number of aliphatic hydroxyl groups excluding tert-OH is 1. The number of aliphatic hydroxyl groups is 1. The Morgan fingerprint density at radius 3 is 2.58 bits per heavy atom. The second kappa shape index (κ2) is 6.99. The van der Waals surface area contributed by atoms with Crippen molar-refractivity contribution in [1.29, 1.82) is 0 Å². The first kappa shape index (κ1) is 16.4. The molecule has 0 bridgehead atoms. The first-order valence-electron chi connectivity index (χ1n) is 7.83. The van der Waals surface area contributed by atoms with Gasteiger partial charge >= 0.3 is 0 Å². The Hall–Kier alpha value is -2.43. The predicted molar refractivity (Wildman–Crippen MR) is 95.1 cm³/mol. The molecule has 0 unspecified atom stereocenters. The zero-order valence-electron chi connectivity index (χ0n) is 14.2. The van der Waals surface area contributed by atoms with Gasteiger partial charge in [-0.1, -0.05) is 12.1 Å². The van der Waals surface area contributed by atoms with Gasteiger partial charge in [0.25, 0.3) is 0 Å². The normalized spacial score (nSPS) is 11.0. The molecular formula is C20H21NO3. The van der Waals surface area contributed by atoms with Gasteiger partial charge in [0, 0.05) is 23.6 Å². The summed E-state index contributed by atoms with van der Waals surface area (Å²) < 4.78 is 10.6. The molecule has 1 aromatic heterocycles. The lowest BCUT2D eigenvalue weighted by Crippen LogP contribution is -1.96. The van der Waals surface area contributed by atoms with E-state index >= 15 is 0 Å². The van der Waals surface area contributed by atoms with Gasteiger partial charge in [-0.25, -0.2) is 4.98 Å². The maximum atomic E-state index is 9.35. The molecule has 0 radical (unpaired) electrons. The average Bonchev–Trinajstić information content (AvgIpc) is 2.61. The molecule has 1 N–H and O–H groups in total. The summed E-state index contributed by atoms with van der Waals surface area (Å²) in [5.41, 5.74) is 5.81. The molecule has 0 saturated heterocycles. The summed E-state index contributed by atoms with van der Waals surface area (Å²) in [5.74, 6) is 0.806. The Morgan fingerprint density at radius 1 is 1.04 bits per heavy atom. The summed E-state index contributed by atoms with van der Waals surface area (Å²) >= 11 is 0. The highest BCUT2D eigenvalue weighted by Gasteiger charge is 2.09. The monoisotopic (exact) mass is 323 g/mol. The SMILES string of the molecule is COCc1cc(-c2cc(C)c3ccc(CO)cc3n2)ccc1OC. The largest absolute Gasteiger partial charge is 0.496 e. The van der Waals surface area contributed by atoms with Gasteiger partial charge in [-0.05, 0) is 48.4 Å². The number of benzene rings is 2. The number of ether oxygens (including phenoxy) is 2. The number of aromatic nitrogens is 1. The van der Waals surface area contributed by atoms with Crippen LogP contribution in [0.1, 0.15) is 16.7 Å². The molecule has 0 saturated carbocycles. The van der Waals surface area contributed by atoms with Crippen molar-refractivity contribution in [3.05, 3.63) is 59.2 Å². The van der Waals surface area contributed by atoms with Crippen LogP contribution in [0.3, 0.4) is 0 Å². The highest BCUT2D eigenvalue weighted by atomic mass is 16.5. The molecule has 0 atom stereocenters. The van der Waals surface area contributed by atoms with Gasteiger partial charge in [-0.15, -0.1) is 0 Å². The van der Waals surface area contributed by atoms with Crippen LogP contribution in [-0.2, 0) is 18.0 Å². The zero-order valence-corrected chi connectivity index (χ0v) is 14.2. The van der Waals surface area contributed by atoms with Crippen molar-refractivity contribution < 1.29 is 14.6 Å². The summed E-state index contributed by atoms with van der Waals surface area (Å²) in [6.45, 7) is 2.57. The number of pyridine rings is 1. The van der Waals surface area contributed by atoms with Crippen LogP contribution < -0.4 is 4.74 Å². The molecule has 0 aliphatic heterocycles. The molecule has 1 heterocycles. The number of methoxy groups -OCH3 is 2. The van der Waals surface area contributed by atoms with E-state index in [4.69, 9.17) is 14.5 Å². The van der Waals surface area contributed by atoms with E-state index in [1.165, 1.54) is 0 Å². The molecule has 0 fully saturated rings. The average molecular weight is 323 g/mol. The molecule has 4 heteroatoms. The van der Waals surface area contributed by atoms with Gasteiger partial charge in [0.15, 0.2) is 0 Å². The Labute approximate surface area is 141 Å². The van der Waals surface area contributed by atoms with Gasteiger partial charge in [-0.3, -0.25) is 0 Å². The van der Waals surface area contributed by atoms with E-state index in [0.717, 1.165) is 44.6 Å². The van der Waals surface area contributed by atoms with Crippen LogP contribution in [0.5, 0.6) is 5.75 Å². The molecule has 24 heavy (non-hydrogen) atoms. The maximum absolute atomic E-state index is 9.35. The highest BCUT2D eigenvalue weighted by Crippen LogP contribution is 2.29. The lowest BCUT2D eigenvalue weighted by Gasteiger charge is -2.12. The van der Waals surface area contributed by atoms with Crippen LogP contribution >= 0.6 is 0 Å². The maximum Gasteiger partial charge on any atom is 0.124 e. The van der Waals surface area contributed by atoms with Gasteiger partial charge < -0.3 is 14.6 Å². The minimum absolute atomic E-state index is 0.0153. The molecule has 3 rings (SSSR count). The fraction of sp³-hybridized carbons (Fsp3) is 0.250. The van der Waals surface area contributed by atoms with E-state index in [9.17, 15) is 5.11 Å². The van der Waals surface area contributed by atoms with E-state index < -0.39 is 0 Å². The third kappa shape index (κ3) is 3.11. The van der Waals surface area contributed by atoms with Crippen LogP contribution in [0, 0.1) is 6.92 Å². The van der Waals surface area contributed by atoms with Gasteiger partial charge in [0.1, 0.15) is 5.75 Å². The van der Waals surface area contributed by atoms with Crippen molar-refractivity contribution >= 4 is 10.9 Å². The van der Waals surface area contributed by atoms with Crippen LogP contribution in [0.2, 0.25) is 0 Å². The number of fused-ring (bicyclic) bond motifs is 1. The Bertz CT molecular complexity index is 874. The van der Waals surface area contributed by atoms with Crippen LogP contribution in [0.15, 0.2) is 42.5 Å². The highest BCUT2D eigenvalue weighted by molar-refractivity contribution is 5.85. The van der Waals surface area contributed by atoms with Crippen molar-refractivity contribution in [2.75, 3.05) is 14.2 Å². The fourth-order valence-electron chi connectivity index (χ4n) is 2.90. The molecule has 2 aromatic carbocycles. The smallest absolute Gasteiger partial charge is 0.124 e. The Morgan fingerprint density at radius 2 is 1.88 bits per heavy atom. The van der Waals surface area contributed by atoms with E-state index in [1.807, 2.05) is 36.4 Å². The standard InChI is InChI=1S/C20H21NO3/c1-13-8-18(21-19-9-14(11-22)4-6-17(13)19)15-5-7-20(24-3)16(10-15)12-23-2/h4-10,22H,11-12H2,1-3H3. The zero-order chi connectivity index (χ0) is 17.1. The lowest BCUT2D eigenvalue weighted by molar-refractivity contribution is 0.181. The number of hydrogen-bond donors (Lipinski definition) is 1. The van der Waals surface area contributed by atoms with E-state index in [2.05, 4.69) is 13.0 Å². The van der Waals surface area contributed by atoms with Crippen molar-refractivity contribution in [3.8, 4) is 17.0 Å². The molecular weight excluding hydrogens is 302 g/mol. The van der Waals surface area contributed by atoms with Crippen molar-refractivity contribution in [2.24, 2.45) is 0 Å². The topological polar surface area (TPSA) is 51.6 Å². The summed E-state index contributed by atoms with van der Waals surface area (Å²) in [7, 11) is 3.32. The van der Waals surface area contributed by atoms with E-state index in [0.29, 0.717) is 6.61 Å². The molecule has 4 nitrogen and oxygen atoms in total. The Balaban J connectivity index is 2.13. The second-order valence-electron chi connectivity index (χ2n) is 5.79. The minimum atomic E-state index is 0.0153. The van der Waals surface area contributed by atoms with E-state index in [-0.39, 0.29) is 6.61 Å². The van der Waals surface area contributed by atoms with Crippen molar-refractivity contribution in [2.45, 2.75) is 20.1 Å². The van der Waals surface area contributed by atoms with Crippen LogP contribution in [0.25, 0.3) is 22.2 Å². The second-order valence-corrected chi connectivity index (χ2v) is 5.79. The lowest BCUT2D eigenvalue weighted by atomic mass is 10.0. The fourth-order valence-corrected chi connectivity index (χ4v) is 2.90. The number of aryl methyl sites for hydroxylation is 1. The molecule has 0 spiro atoms. The number of nitrogens with zero attached hydrogens (tertiary/aromatic N) is 1. The van der Waals surface area contributed by atoms with Gasteiger partial charge in [0.05, 0.1) is 31.5 Å². The Kier molecular flexibility index (Phi) is 4.79. The number of rotatable bonds is 5. The molecule has 0 aliphatic rings. The van der Waals surface area contributed by atoms with Crippen LogP contribution in [-0.4, -0.2) is 24.3 Å². The van der Waals surface area contributed by atoms with Crippen molar-refractivity contribution in [3.63, 3.8) is 0 Å². The third-order valence-electron chi connectivity index (χ3n) is 4.14. The first-order valence-corrected chi connectivity index (χ1v) is 7.83. The summed E-state index contributed by atoms with van der Waals surface area (Å²) in [6.07, 6.45) is 0. The van der Waals surface area contributed by atoms with Crippen molar-refractivity contribution in [1.82, 2.24) is 4.98 Å². The summed E-state index contributed by atoms with van der Waals surface area (Å²) in [5, 5.41) is 10.4. The van der Waals surface area contributed by atoms with Gasteiger partial charge in [0.2, 0.25) is 0 Å². The molecule has 3 aromatic rings.